The van der Waals surface area contributed by atoms with Gasteiger partial charge in [0.05, 0.1) is 15.6 Å². The van der Waals surface area contributed by atoms with Crippen LogP contribution in [0.2, 0.25) is 0 Å². The van der Waals surface area contributed by atoms with E-state index in [9.17, 15) is 0 Å². The van der Waals surface area contributed by atoms with Gasteiger partial charge < -0.3 is 11.1 Å². The summed E-state index contributed by atoms with van der Waals surface area (Å²) in [6.07, 6.45) is 7.34. The van der Waals surface area contributed by atoms with Crippen LogP contribution < -0.4 is 11.1 Å². The lowest BCUT2D eigenvalue weighted by molar-refractivity contribution is 0.412. The van der Waals surface area contributed by atoms with Crippen molar-refractivity contribution in [1.29, 1.82) is 0 Å². The number of thiophene rings is 1. The maximum Gasteiger partial charge on any atom is 0.188 e. The fourth-order valence-corrected chi connectivity index (χ4v) is 4.56. The summed E-state index contributed by atoms with van der Waals surface area (Å²) in [5.74, 6) is 0.601. The molecule has 132 valence electrons. The van der Waals surface area contributed by atoms with Crippen LogP contribution in [0.25, 0.3) is 10.6 Å². The molecule has 0 bridgehead atoms. The summed E-state index contributed by atoms with van der Waals surface area (Å²) in [6.45, 7) is 2.78. The summed E-state index contributed by atoms with van der Waals surface area (Å²) in [5, 5.41) is 6.59. The Bertz CT molecular complexity index is 659. The SMILES string of the molecule is Cc1nc(-c2ccc(CCN=C(N)NC3CCCCC3)s2)cs1.I. The van der Waals surface area contributed by atoms with Crippen molar-refractivity contribution >= 4 is 52.6 Å². The highest BCUT2D eigenvalue weighted by molar-refractivity contribution is 14.0. The van der Waals surface area contributed by atoms with E-state index < -0.39 is 0 Å². The summed E-state index contributed by atoms with van der Waals surface area (Å²) < 4.78 is 0. The second-order valence-electron chi connectivity index (χ2n) is 6.01. The largest absolute Gasteiger partial charge is 0.370 e. The number of nitrogens with one attached hydrogen (secondary N) is 1. The molecule has 0 radical (unpaired) electrons. The molecule has 1 aliphatic carbocycles. The Kier molecular flexibility index (Phi) is 7.96. The number of halogens is 1. The molecule has 1 saturated carbocycles. The molecule has 3 rings (SSSR count). The summed E-state index contributed by atoms with van der Waals surface area (Å²) >= 11 is 3.50. The number of rotatable bonds is 5. The van der Waals surface area contributed by atoms with E-state index >= 15 is 0 Å². The highest BCUT2D eigenvalue weighted by Crippen LogP contribution is 2.29. The van der Waals surface area contributed by atoms with Crippen molar-refractivity contribution in [3.05, 3.63) is 27.4 Å². The second kappa shape index (κ2) is 9.72. The Balaban J connectivity index is 0.00000208. The lowest BCUT2D eigenvalue weighted by Gasteiger charge is -2.23. The van der Waals surface area contributed by atoms with E-state index in [1.54, 1.807) is 22.7 Å². The van der Waals surface area contributed by atoms with Gasteiger partial charge in [-0.1, -0.05) is 19.3 Å². The Morgan fingerprint density at radius 2 is 2.12 bits per heavy atom. The zero-order chi connectivity index (χ0) is 16.1. The van der Waals surface area contributed by atoms with Crippen molar-refractivity contribution in [1.82, 2.24) is 10.3 Å². The fraction of sp³-hybridized carbons (Fsp3) is 0.529. The van der Waals surface area contributed by atoms with Gasteiger partial charge in [0.1, 0.15) is 0 Å². The third-order valence-electron chi connectivity index (χ3n) is 4.13. The molecule has 3 N–H and O–H groups in total. The first kappa shape index (κ1) is 19.7. The predicted molar refractivity (Wildman–Crippen MR) is 116 cm³/mol. The van der Waals surface area contributed by atoms with Crippen LogP contribution in [0, 0.1) is 6.92 Å². The van der Waals surface area contributed by atoms with Gasteiger partial charge in [0.2, 0.25) is 0 Å². The van der Waals surface area contributed by atoms with Crippen LogP contribution in [0.5, 0.6) is 0 Å². The van der Waals surface area contributed by atoms with Gasteiger partial charge in [0.25, 0.3) is 0 Å². The van der Waals surface area contributed by atoms with Crippen LogP contribution in [0.4, 0.5) is 0 Å². The van der Waals surface area contributed by atoms with Crippen LogP contribution >= 0.6 is 46.7 Å². The van der Waals surface area contributed by atoms with E-state index in [1.807, 2.05) is 6.92 Å². The molecule has 0 spiro atoms. The van der Waals surface area contributed by atoms with Gasteiger partial charge in [0, 0.05) is 29.3 Å². The van der Waals surface area contributed by atoms with Crippen LogP contribution in [0.3, 0.4) is 0 Å². The van der Waals surface area contributed by atoms with E-state index in [1.165, 1.54) is 41.9 Å². The number of aliphatic imine (C=N–C) groups is 1. The Hall–Kier alpha value is -0.670. The van der Waals surface area contributed by atoms with Crippen molar-refractivity contribution in [2.45, 2.75) is 51.5 Å². The standard InChI is InChI=1S/C17H24N4S2.HI/c1-12-20-15(11-22-12)16-8-7-14(23-16)9-10-19-17(18)21-13-5-3-2-4-6-13;/h7-8,11,13H,2-6,9-10H2,1H3,(H3,18,19,21);1H. The normalized spacial score (nSPS) is 16.0. The van der Waals surface area contributed by atoms with E-state index in [-0.39, 0.29) is 24.0 Å². The summed E-state index contributed by atoms with van der Waals surface area (Å²) in [4.78, 5) is 11.6. The number of aryl methyl sites for hydroxylation is 1. The number of aromatic nitrogens is 1. The number of hydrogen-bond donors (Lipinski definition) is 2. The molecule has 0 amide bonds. The van der Waals surface area contributed by atoms with Gasteiger partial charge in [-0.15, -0.1) is 46.7 Å². The number of nitrogens with two attached hydrogens (primary N) is 1. The van der Waals surface area contributed by atoms with Crippen molar-refractivity contribution in [3.63, 3.8) is 0 Å². The lowest BCUT2D eigenvalue weighted by atomic mass is 9.96. The maximum absolute atomic E-state index is 6.00. The molecule has 0 aliphatic heterocycles. The second-order valence-corrected chi connectivity index (χ2v) is 8.24. The van der Waals surface area contributed by atoms with Gasteiger partial charge in [-0.2, -0.15) is 0 Å². The zero-order valence-corrected chi connectivity index (χ0v) is 17.9. The Morgan fingerprint density at radius 3 is 2.83 bits per heavy atom. The third-order valence-corrected chi connectivity index (χ3v) is 6.07. The summed E-state index contributed by atoms with van der Waals surface area (Å²) in [7, 11) is 0. The topological polar surface area (TPSA) is 63.3 Å². The van der Waals surface area contributed by atoms with E-state index in [0.29, 0.717) is 12.0 Å². The fourth-order valence-electron chi connectivity index (χ4n) is 2.91. The molecule has 4 nitrogen and oxygen atoms in total. The first-order valence-electron chi connectivity index (χ1n) is 8.28. The number of hydrogen-bond acceptors (Lipinski definition) is 4. The quantitative estimate of drug-likeness (QED) is 0.377. The molecular weight excluding hydrogens is 451 g/mol. The lowest BCUT2D eigenvalue weighted by Crippen LogP contribution is -2.41. The molecule has 1 aliphatic rings. The molecule has 0 atom stereocenters. The van der Waals surface area contributed by atoms with Gasteiger partial charge in [-0.05, 0) is 31.9 Å². The summed E-state index contributed by atoms with van der Waals surface area (Å²) in [5.41, 5.74) is 7.09. The van der Waals surface area contributed by atoms with Crippen molar-refractivity contribution in [3.8, 4) is 10.6 Å². The van der Waals surface area contributed by atoms with Crippen LogP contribution in [-0.4, -0.2) is 23.5 Å². The average molecular weight is 476 g/mol. The van der Waals surface area contributed by atoms with Crippen molar-refractivity contribution in [2.75, 3.05) is 6.54 Å². The first-order valence-corrected chi connectivity index (χ1v) is 9.98. The molecule has 0 aromatic carbocycles. The molecule has 2 aromatic rings. The highest BCUT2D eigenvalue weighted by Gasteiger charge is 2.13. The molecule has 2 heterocycles. The third kappa shape index (κ3) is 5.70. The molecular formula is C17H25IN4S2. The van der Waals surface area contributed by atoms with E-state index in [0.717, 1.165) is 23.7 Å². The first-order chi connectivity index (χ1) is 11.2. The van der Waals surface area contributed by atoms with Crippen LogP contribution in [0.1, 0.15) is 42.0 Å². The van der Waals surface area contributed by atoms with Gasteiger partial charge in [0.15, 0.2) is 5.96 Å². The van der Waals surface area contributed by atoms with Crippen LogP contribution in [0.15, 0.2) is 22.5 Å². The van der Waals surface area contributed by atoms with Crippen LogP contribution in [-0.2, 0) is 6.42 Å². The number of thiazole rings is 1. The molecule has 2 aromatic heterocycles. The van der Waals surface area contributed by atoms with Crippen molar-refractivity contribution < 1.29 is 0 Å². The molecule has 0 unspecified atom stereocenters. The average Bonchev–Trinajstić information content (AvgIpc) is 3.17. The van der Waals surface area contributed by atoms with Crippen molar-refractivity contribution in [2.24, 2.45) is 10.7 Å². The minimum atomic E-state index is 0. The Labute approximate surface area is 169 Å². The highest BCUT2D eigenvalue weighted by atomic mass is 127. The maximum atomic E-state index is 6.00. The Morgan fingerprint density at radius 1 is 1.33 bits per heavy atom. The van der Waals surface area contributed by atoms with Gasteiger partial charge in [-0.25, -0.2) is 4.98 Å². The number of nitrogens with zero attached hydrogens (tertiary/aromatic N) is 2. The summed E-state index contributed by atoms with van der Waals surface area (Å²) in [6, 6.07) is 4.85. The molecule has 1 fully saturated rings. The number of guanidine groups is 1. The molecule has 0 saturated heterocycles. The van der Waals surface area contributed by atoms with Gasteiger partial charge in [-0.3, -0.25) is 4.99 Å². The minimum absolute atomic E-state index is 0. The smallest absolute Gasteiger partial charge is 0.188 e. The van der Waals surface area contributed by atoms with Gasteiger partial charge >= 0.3 is 0 Å². The molecule has 24 heavy (non-hydrogen) atoms. The molecule has 7 heteroatoms. The predicted octanol–water partition coefficient (Wildman–Crippen LogP) is 4.58. The van der Waals surface area contributed by atoms with E-state index in [4.69, 9.17) is 5.73 Å². The monoisotopic (exact) mass is 476 g/mol. The minimum Gasteiger partial charge on any atom is -0.370 e. The zero-order valence-electron chi connectivity index (χ0n) is 14.0. The van der Waals surface area contributed by atoms with E-state index in [2.05, 4.69) is 32.8 Å².